The number of carboxylic acid groups (broad SMARTS) is 1. The van der Waals surface area contributed by atoms with E-state index in [-0.39, 0.29) is 5.11 Å². The van der Waals surface area contributed by atoms with Crippen molar-refractivity contribution in [2.75, 3.05) is 12.4 Å². The number of aromatic nitrogens is 1. The smallest absolute Gasteiger partial charge is 0.410 e. The highest BCUT2D eigenvalue weighted by Crippen LogP contribution is 2.10. The number of nitrogens with one attached hydrogen (secondary N) is 2. The van der Waals surface area contributed by atoms with Gasteiger partial charge in [-0.15, -0.1) is 0 Å². The molecule has 0 fully saturated rings. The Morgan fingerprint density at radius 1 is 1.60 bits per heavy atom. The van der Waals surface area contributed by atoms with Crippen molar-refractivity contribution in [3.8, 4) is 5.75 Å². The predicted octanol–water partition coefficient (Wildman–Crippen LogP) is 1.05. The highest BCUT2D eigenvalue weighted by atomic mass is 32.1. The Kier molecular flexibility index (Phi) is 3.81. The first-order chi connectivity index (χ1) is 7.11. The molecule has 1 rings (SSSR count). The van der Waals surface area contributed by atoms with Crippen LogP contribution < -0.4 is 15.4 Å². The lowest BCUT2D eigenvalue weighted by Crippen LogP contribution is -2.32. The second kappa shape index (κ2) is 5.11. The molecule has 0 radical (unpaired) electrons. The molecule has 80 valence electrons. The Morgan fingerprint density at radius 2 is 2.33 bits per heavy atom. The van der Waals surface area contributed by atoms with Gasteiger partial charge in [0.05, 0.1) is 13.3 Å². The van der Waals surface area contributed by atoms with E-state index in [0.29, 0.717) is 11.6 Å². The molecular formula is C8H9N3O3S. The third-order valence-electron chi connectivity index (χ3n) is 1.43. The molecule has 0 aromatic carbocycles. The van der Waals surface area contributed by atoms with E-state index in [1.54, 1.807) is 12.1 Å². The van der Waals surface area contributed by atoms with Crippen molar-refractivity contribution in [3.63, 3.8) is 0 Å². The summed E-state index contributed by atoms with van der Waals surface area (Å²) in [6, 6.07) is 3.30. The number of ether oxygens (including phenoxy) is 1. The van der Waals surface area contributed by atoms with Gasteiger partial charge in [0.1, 0.15) is 11.6 Å². The van der Waals surface area contributed by atoms with Gasteiger partial charge in [0.25, 0.3) is 0 Å². The van der Waals surface area contributed by atoms with E-state index >= 15 is 0 Å². The van der Waals surface area contributed by atoms with Crippen LogP contribution in [0.25, 0.3) is 0 Å². The van der Waals surface area contributed by atoms with Gasteiger partial charge >= 0.3 is 6.09 Å². The van der Waals surface area contributed by atoms with Gasteiger partial charge in [-0.2, -0.15) is 0 Å². The summed E-state index contributed by atoms with van der Waals surface area (Å²) in [5, 5.41) is 12.9. The molecule has 0 atom stereocenters. The number of thiocarbonyl (C=S) groups is 1. The number of hydrogen-bond donors (Lipinski definition) is 3. The summed E-state index contributed by atoms with van der Waals surface area (Å²) in [6.07, 6.45) is 0.270. The van der Waals surface area contributed by atoms with Crippen LogP contribution in [0.2, 0.25) is 0 Å². The van der Waals surface area contributed by atoms with Gasteiger partial charge in [0.15, 0.2) is 5.11 Å². The molecule has 15 heavy (non-hydrogen) atoms. The van der Waals surface area contributed by atoms with Gasteiger partial charge in [0, 0.05) is 0 Å². The molecule has 1 amide bonds. The minimum Gasteiger partial charge on any atom is -0.495 e. The lowest BCUT2D eigenvalue weighted by Gasteiger charge is -2.06. The molecule has 0 spiro atoms. The summed E-state index contributed by atoms with van der Waals surface area (Å²) in [5.74, 6) is 1.05. The zero-order valence-electron chi connectivity index (χ0n) is 7.85. The number of amides is 1. The maximum absolute atomic E-state index is 10.2. The summed E-state index contributed by atoms with van der Waals surface area (Å²) in [4.78, 5) is 14.2. The molecule has 1 aromatic rings. The van der Waals surface area contributed by atoms with Gasteiger partial charge in [-0.05, 0) is 24.4 Å². The Balaban J connectivity index is 2.57. The molecule has 0 unspecified atom stereocenters. The van der Waals surface area contributed by atoms with Crippen molar-refractivity contribution in [2.24, 2.45) is 0 Å². The van der Waals surface area contributed by atoms with E-state index < -0.39 is 6.09 Å². The highest BCUT2D eigenvalue weighted by molar-refractivity contribution is 7.80. The van der Waals surface area contributed by atoms with Gasteiger partial charge in [-0.25, -0.2) is 9.78 Å². The van der Waals surface area contributed by atoms with Crippen molar-refractivity contribution in [1.29, 1.82) is 0 Å². The van der Waals surface area contributed by atoms with Crippen LogP contribution in [0.4, 0.5) is 10.6 Å². The van der Waals surface area contributed by atoms with Crippen molar-refractivity contribution in [1.82, 2.24) is 10.3 Å². The van der Waals surface area contributed by atoms with Crippen LogP contribution >= 0.6 is 12.2 Å². The van der Waals surface area contributed by atoms with Crippen molar-refractivity contribution < 1.29 is 14.6 Å². The average molecular weight is 227 g/mol. The Morgan fingerprint density at radius 3 is 2.80 bits per heavy atom. The van der Waals surface area contributed by atoms with E-state index in [1.807, 2.05) is 5.32 Å². The largest absolute Gasteiger partial charge is 0.495 e. The van der Waals surface area contributed by atoms with Crippen LogP contribution in [0.3, 0.4) is 0 Å². The number of methoxy groups -OCH3 is 1. The Hall–Kier alpha value is -1.89. The Labute approximate surface area is 91.3 Å². The van der Waals surface area contributed by atoms with Gasteiger partial charge < -0.3 is 15.2 Å². The lowest BCUT2D eigenvalue weighted by atomic mass is 10.4. The van der Waals surface area contributed by atoms with Crippen molar-refractivity contribution >= 4 is 29.2 Å². The maximum Gasteiger partial charge on any atom is 0.410 e. The number of nitrogens with zero attached hydrogens (tertiary/aromatic N) is 1. The fraction of sp³-hybridized carbons (Fsp3) is 0.125. The number of anilines is 1. The summed E-state index contributed by atoms with van der Waals surface area (Å²) < 4.78 is 4.91. The molecule has 1 heterocycles. The molecule has 1 aromatic heterocycles. The first-order valence-electron chi connectivity index (χ1n) is 3.93. The topological polar surface area (TPSA) is 83.5 Å². The van der Waals surface area contributed by atoms with E-state index in [4.69, 9.17) is 22.1 Å². The third-order valence-corrected chi connectivity index (χ3v) is 1.64. The molecule has 0 aliphatic rings. The van der Waals surface area contributed by atoms with Crippen LogP contribution in [0.5, 0.6) is 5.75 Å². The van der Waals surface area contributed by atoms with Crippen LogP contribution in [0, 0.1) is 0 Å². The van der Waals surface area contributed by atoms with E-state index in [2.05, 4.69) is 10.3 Å². The van der Waals surface area contributed by atoms with Gasteiger partial charge in [0.2, 0.25) is 0 Å². The number of carbonyl (C=O) groups is 1. The number of pyridine rings is 1. The minimum atomic E-state index is -1.22. The first kappa shape index (κ1) is 11.2. The van der Waals surface area contributed by atoms with Gasteiger partial charge in [-0.3, -0.25) is 5.32 Å². The van der Waals surface area contributed by atoms with Crippen LogP contribution in [0.1, 0.15) is 0 Å². The molecule has 0 saturated carbocycles. The molecular weight excluding hydrogens is 218 g/mol. The Bertz CT molecular complexity index is 366. The van der Waals surface area contributed by atoms with E-state index in [9.17, 15) is 4.79 Å². The van der Waals surface area contributed by atoms with E-state index in [0.717, 1.165) is 0 Å². The number of rotatable bonds is 2. The molecule has 7 heteroatoms. The number of hydrogen-bond acceptors (Lipinski definition) is 4. The molecule has 0 bridgehead atoms. The second-order valence-corrected chi connectivity index (χ2v) is 2.88. The fourth-order valence-electron chi connectivity index (χ4n) is 0.820. The highest BCUT2D eigenvalue weighted by Gasteiger charge is 2.02. The first-order valence-corrected chi connectivity index (χ1v) is 4.33. The fourth-order valence-corrected chi connectivity index (χ4v) is 1.01. The summed E-state index contributed by atoms with van der Waals surface area (Å²) in [5.41, 5.74) is 0. The lowest BCUT2D eigenvalue weighted by molar-refractivity contribution is 0.200. The van der Waals surface area contributed by atoms with Gasteiger partial charge in [-0.1, -0.05) is 0 Å². The zero-order valence-corrected chi connectivity index (χ0v) is 8.67. The average Bonchev–Trinajstić information content (AvgIpc) is 2.17. The monoisotopic (exact) mass is 227 g/mol. The minimum absolute atomic E-state index is 0.0276. The zero-order chi connectivity index (χ0) is 11.3. The van der Waals surface area contributed by atoms with Crippen LogP contribution in [-0.2, 0) is 0 Å². The third kappa shape index (κ3) is 3.77. The predicted molar refractivity (Wildman–Crippen MR) is 58.2 cm³/mol. The van der Waals surface area contributed by atoms with Crippen LogP contribution in [0.15, 0.2) is 18.3 Å². The molecule has 0 saturated heterocycles. The molecule has 0 aliphatic carbocycles. The molecule has 0 aliphatic heterocycles. The summed E-state index contributed by atoms with van der Waals surface area (Å²) in [6.45, 7) is 0. The van der Waals surface area contributed by atoms with Crippen molar-refractivity contribution in [2.45, 2.75) is 0 Å². The van der Waals surface area contributed by atoms with Crippen molar-refractivity contribution in [3.05, 3.63) is 18.3 Å². The maximum atomic E-state index is 10.2. The van der Waals surface area contributed by atoms with E-state index in [1.165, 1.54) is 13.3 Å². The molecule has 3 N–H and O–H groups in total. The standard InChI is InChI=1S/C8H9N3O3S/c1-14-5-2-3-6(9-4-5)10-7(15)11-8(12)13/h2-4H,1H3,(H,12,13)(H2,9,10,11,15). The molecule has 6 nitrogen and oxygen atoms in total. The second-order valence-electron chi connectivity index (χ2n) is 2.47. The SMILES string of the molecule is COc1ccc(NC(=S)NC(=O)O)nc1. The van der Waals surface area contributed by atoms with Crippen LogP contribution in [-0.4, -0.2) is 28.4 Å². The summed E-state index contributed by atoms with van der Waals surface area (Å²) in [7, 11) is 1.53. The normalized spacial score (nSPS) is 9.13. The summed E-state index contributed by atoms with van der Waals surface area (Å²) >= 11 is 4.70. The quantitative estimate of drug-likeness (QED) is 0.655.